The predicted molar refractivity (Wildman–Crippen MR) is 73.6 cm³/mol. The van der Waals surface area contributed by atoms with E-state index in [1.165, 1.54) is 13.2 Å². The Bertz CT molecular complexity index is 606. The number of carbonyl (C=O) groups is 1. The molecule has 0 spiro atoms. The van der Waals surface area contributed by atoms with Crippen molar-refractivity contribution in [3.63, 3.8) is 0 Å². The third-order valence-corrected chi connectivity index (χ3v) is 2.59. The Labute approximate surface area is 111 Å². The highest BCUT2D eigenvalue weighted by molar-refractivity contribution is 5.96. The topological polar surface area (TPSA) is 58.9 Å². The van der Waals surface area contributed by atoms with Crippen molar-refractivity contribution in [1.82, 2.24) is 0 Å². The Kier molecular flexibility index (Phi) is 3.93. The Hall–Kier alpha value is -2.62. The van der Waals surface area contributed by atoms with E-state index in [4.69, 9.17) is 9.84 Å². The second-order valence-corrected chi connectivity index (χ2v) is 3.83. The minimum atomic E-state index is -1.03. The van der Waals surface area contributed by atoms with Crippen molar-refractivity contribution in [3.8, 4) is 5.75 Å². The maximum Gasteiger partial charge on any atom is 0.338 e. The molecule has 2 rings (SSSR count). The molecule has 0 aliphatic carbocycles. The summed E-state index contributed by atoms with van der Waals surface area (Å²) in [5.41, 5.74) is 1.33. The molecule has 0 aliphatic heterocycles. The SMILES string of the molecule is COc1cccc(C(=O)O)c1N=Cc1ccccc1. The maximum absolute atomic E-state index is 11.2. The van der Waals surface area contributed by atoms with Gasteiger partial charge in [-0.2, -0.15) is 0 Å². The van der Waals surface area contributed by atoms with E-state index >= 15 is 0 Å². The molecule has 0 unspecified atom stereocenters. The van der Waals surface area contributed by atoms with E-state index in [0.717, 1.165) is 5.56 Å². The van der Waals surface area contributed by atoms with Gasteiger partial charge >= 0.3 is 5.97 Å². The summed E-state index contributed by atoms with van der Waals surface area (Å²) in [6.07, 6.45) is 1.62. The van der Waals surface area contributed by atoms with Crippen LogP contribution in [0, 0.1) is 0 Å². The number of hydrogen-bond acceptors (Lipinski definition) is 3. The van der Waals surface area contributed by atoms with E-state index in [9.17, 15) is 4.79 Å². The number of nitrogens with zero attached hydrogens (tertiary/aromatic N) is 1. The molecule has 0 bridgehead atoms. The molecule has 0 aliphatic rings. The maximum atomic E-state index is 11.2. The van der Waals surface area contributed by atoms with Crippen molar-refractivity contribution < 1.29 is 14.6 Å². The van der Waals surface area contributed by atoms with Gasteiger partial charge in [0.1, 0.15) is 11.4 Å². The first-order chi connectivity index (χ1) is 9.22. The van der Waals surface area contributed by atoms with E-state index in [2.05, 4.69) is 4.99 Å². The summed E-state index contributed by atoms with van der Waals surface area (Å²) >= 11 is 0. The fourth-order valence-corrected chi connectivity index (χ4v) is 1.67. The zero-order valence-corrected chi connectivity index (χ0v) is 10.4. The predicted octanol–water partition coefficient (Wildman–Crippen LogP) is 3.14. The number of para-hydroxylation sites is 1. The number of aromatic carboxylic acids is 1. The highest BCUT2D eigenvalue weighted by atomic mass is 16.5. The molecule has 0 saturated heterocycles. The Morgan fingerprint density at radius 2 is 1.89 bits per heavy atom. The van der Waals surface area contributed by atoms with Gasteiger partial charge in [-0.3, -0.25) is 4.99 Å². The van der Waals surface area contributed by atoms with E-state index in [1.54, 1.807) is 18.3 Å². The normalized spacial score (nSPS) is 10.6. The van der Waals surface area contributed by atoms with Crippen LogP contribution in [0.25, 0.3) is 0 Å². The van der Waals surface area contributed by atoms with Crippen LogP contribution in [-0.2, 0) is 0 Å². The first-order valence-electron chi connectivity index (χ1n) is 5.72. The lowest BCUT2D eigenvalue weighted by Crippen LogP contribution is -1.98. The number of benzene rings is 2. The highest BCUT2D eigenvalue weighted by Crippen LogP contribution is 2.31. The van der Waals surface area contributed by atoms with E-state index < -0.39 is 5.97 Å². The van der Waals surface area contributed by atoms with Gasteiger partial charge in [0.15, 0.2) is 0 Å². The molecular weight excluding hydrogens is 242 g/mol. The average Bonchev–Trinajstić information content (AvgIpc) is 2.45. The van der Waals surface area contributed by atoms with Crippen LogP contribution in [0.4, 0.5) is 5.69 Å². The molecule has 0 heterocycles. The van der Waals surface area contributed by atoms with Gasteiger partial charge in [0, 0.05) is 6.21 Å². The fraction of sp³-hybridized carbons (Fsp3) is 0.0667. The summed E-state index contributed by atoms with van der Waals surface area (Å²) in [7, 11) is 1.49. The van der Waals surface area contributed by atoms with Crippen LogP contribution in [-0.4, -0.2) is 24.4 Å². The molecule has 0 amide bonds. The Balaban J connectivity index is 2.43. The van der Waals surface area contributed by atoms with E-state index in [1.807, 2.05) is 30.3 Å². The third kappa shape index (κ3) is 2.98. The van der Waals surface area contributed by atoms with E-state index in [-0.39, 0.29) is 5.56 Å². The first kappa shape index (κ1) is 12.8. The van der Waals surface area contributed by atoms with Gasteiger partial charge in [-0.25, -0.2) is 4.79 Å². The average molecular weight is 255 g/mol. The smallest absolute Gasteiger partial charge is 0.338 e. The molecular formula is C15H13NO3. The van der Waals surface area contributed by atoms with Crippen molar-refractivity contribution in [2.45, 2.75) is 0 Å². The van der Waals surface area contributed by atoms with Gasteiger partial charge in [-0.15, -0.1) is 0 Å². The summed E-state index contributed by atoms with van der Waals surface area (Å²) in [4.78, 5) is 15.4. The molecule has 4 heteroatoms. The van der Waals surface area contributed by atoms with Gasteiger partial charge in [0.05, 0.1) is 12.7 Å². The molecule has 4 nitrogen and oxygen atoms in total. The molecule has 0 saturated carbocycles. The lowest BCUT2D eigenvalue weighted by molar-refractivity contribution is 0.0697. The van der Waals surface area contributed by atoms with Crippen LogP contribution in [0.15, 0.2) is 53.5 Å². The van der Waals surface area contributed by atoms with Crippen LogP contribution in [0.1, 0.15) is 15.9 Å². The van der Waals surface area contributed by atoms with Crippen molar-refractivity contribution in [1.29, 1.82) is 0 Å². The van der Waals surface area contributed by atoms with Gasteiger partial charge in [-0.1, -0.05) is 36.4 Å². The molecule has 96 valence electrons. The summed E-state index contributed by atoms with van der Waals surface area (Å²) in [6, 6.07) is 14.3. The molecule has 0 aromatic heterocycles. The summed E-state index contributed by atoms with van der Waals surface area (Å²) in [5, 5.41) is 9.15. The fourth-order valence-electron chi connectivity index (χ4n) is 1.67. The molecule has 0 fully saturated rings. The number of aliphatic imine (C=N–C) groups is 1. The van der Waals surface area contributed by atoms with Crippen LogP contribution in [0.3, 0.4) is 0 Å². The minimum absolute atomic E-state index is 0.117. The summed E-state index contributed by atoms with van der Waals surface area (Å²) < 4.78 is 5.15. The Morgan fingerprint density at radius 3 is 2.53 bits per heavy atom. The summed E-state index contributed by atoms with van der Waals surface area (Å²) in [6.45, 7) is 0. The second-order valence-electron chi connectivity index (χ2n) is 3.83. The molecule has 2 aromatic rings. The molecule has 0 atom stereocenters. The van der Waals surface area contributed by atoms with Gasteiger partial charge < -0.3 is 9.84 Å². The number of methoxy groups -OCH3 is 1. The Morgan fingerprint density at radius 1 is 1.16 bits per heavy atom. The van der Waals surface area contributed by atoms with Crippen LogP contribution < -0.4 is 4.74 Å². The first-order valence-corrected chi connectivity index (χ1v) is 5.72. The molecule has 0 radical (unpaired) electrons. The second kappa shape index (κ2) is 5.82. The van der Waals surface area contributed by atoms with Crippen LogP contribution in [0.2, 0.25) is 0 Å². The third-order valence-electron chi connectivity index (χ3n) is 2.59. The number of hydrogen-bond donors (Lipinski definition) is 1. The standard InChI is InChI=1S/C15H13NO3/c1-19-13-9-5-8-12(15(17)18)14(13)16-10-11-6-3-2-4-7-11/h2-10H,1H3,(H,17,18). The van der Waals surface area contributed by atoms with Crippen LogP contribution in [0.5, 0.6) is 5.75 Å². The zero-order chi connectivity index (χ0) is 13.7. The van der Waals surface area contributed by atoms with Crippen molar-refractivity contribution in [2.24, 2.45) is 4.99 Å². The number of ether oxygens (including phenoxy) is 1. The monoisotopic (exact) mass is 255 g/mol. The number of rotatable bonds is 4. The lowest BCUT2D eigenvalue weighted by Gasteiger charge is -2.06. The number of carboxylic acid groups (broad SMARTS) is 1. The molecule has 19 heavy (non-hydrogen) atoms. The molecule has 2 aromatic carbocycles. The van der Waals surface area contributed by atoms with Crippen molar-refractivity contribution in [2.75, 3.05) is 7.11 Å². The summed E-state index contributed by atoms with van der Waals surface area (Å²) in [5.74, 6) is -0.591. The van der Waals surface area contributed by atoms with Crippen molar-refractivity contribution >= 4 is 17.9 Å². The van der Waals surface area contributed by atoms with Gasteiger partial charge in [0.2, 0.25) is 0 Å². The van der Waals surface area contributed by atoms with E-state index in [0.29, 0.717) is 11.4 Å². The zero-order valence-electron chi connectivity index (χ0n) is 10.4. The largest absolute Gasteiger partial charge is 0.494 e. The van der Waals surface area contributed by atoms with Gasteiger partial charge in [-0.05, 0) is 17.7 Å². The van der Waals surface area contributed by atoms with Crippen LogP contribution >= 0.6 is 0 Å². The lowest BCUT2D eigenvalue weighted by atomic mass is 10.1. The highest BCUT2D eigenvalue weighted by Gasteiger charge is 2.13. The van der Waals surface area contributed by atoms with Gasteiger partial charge in [0.25, 0.3) is 0 Å². The molecule has 1 N–H and O–H groups in total. The quantitative estimate of drug-likeness (QED) is 0.854. The minimum Gasteiger partial charge on any atom is -0.494 e. The number of carboxylic acids is 1. The van der Waals surface area contributed by atoms with Crippen molar-refractivity contribution in [3.05, 3.63) is 59.7 Å².